The van der Waals surface area contributed by atoms with Crippen molar-refractivity contribution >= 4 is 35.3 Å². The molecule has 0 amide bonds. The molecule has 1 N–H and O–H groups in total. The van der Waals surface area contributed by atoms with Gasteiger partial charge in [0.2, 0.25) is 0 Å². The quantitative estimate of drug-likeness (QED) is 0.921. The van der Waals surface area contributed by atoms with Crippen molar-refractivity contribution in [3.63, 3.8) is 0 Å². The fraction of sp³-hybridized carbons (Fsp3) is 0.400. The second kappa shape index (κ2) is 7.56. The molecule has 114 valence electrons. The van der Waals surface area contributed by atoms with Crippen LogP contribution in [0.25, 0.3) is 0 Å². The highest BCUT2D eigenvalue weighted by molar-refractivity contribution is 7.09. The molecule has 1 saturated heterocycles. The Morgan fingerprint density at radius 1 is 1.48 bits per heavy atom. The summed E-state index contributed by atoms with van der Waals surface area (Å²) in [4.78, 5) is 7.07. The second-order valence-electron chi connectivity index (χ2n) is 5.13. The maximum absolute atomic E-state index is 6.13. The maximum atomic E-state index is 6.13. The van der Waals surface area contributed by atoms with E-state index in [4.69, 9.17) is 11.6 Å². The van der Waals surface area contributed by atoms with Crippen LogP contribution in [0.15, 0.2) is 29.6 Å². The summed E-state index contributed by atoms with van der Waals surface area (Å²) in [6.07, 6.45) is 0. The van der Waals surface area contributed by atoms with Gasteiger partial charge in [0.1, 0.15) is 5.01 Å². The molecule has 1 aliphatic heterocycles. The highest BCUT2D eigenvalue weighted by Gasteiger charge is 2.24. The summed E-state index contributed by atoms with van der Waals surface area (Å²) < 4.78 is 0. The van der Waals surface area contributed by atoms with Crippen molar-refractivity contribution in [3.05, 3.63) is 50.9 Å². The summed E-state index contributed by atoms with van der Waals surface area (Å²) in [5.74, 6) is 0. The molecule has 1 aromatic heterocycles. The molecule has 0 saturated carbocycles. The number of hydrogen-bond acceptors (Lipinski definition) is 4. The van der Waals surface area contributed by atoms with Gasteiger partial charge in [-0.05, 0) is 24.6 Å². The lowest BCUT2D eigenvalue weighted by molar-refractivity contribution is 0.153. The molecular weight excluding hydrogens is 325 g/mol. The number of hydrogen-bond donors (Lipinski definition) is 1. The number of rotatable bonds is 3. The largest absolute Gasteiger partial charge is 0.314 e. The third kappa shape index (κ3) is 4.18. The van der Waals surface area contributed by atoms with Gasteiger partial charge in [-0.15, -0.1) is 23.7 Å². The van der Waals surface area contributed by atoms with E-state index in [2.05, 4.69) is 32.7 Å². The van der Waals surface area contributed by atoms with Gasteiger partial charge in [-0.25, -0.2) is 4.98 Å². The lowest BCUT2D eigenvalue weighted by Crippen LogP contribution is -2.45. The van der Waals surface area contributed by atoms with E-state index in [0.29, 0.717) is 6.04 Å². The van der Waals surface area contributed by atoms with Gasteiger partial charge >= 0.3 is 0 Å². The average molecular weight is 344 g/mol. The van der Waals surface area contributed by atoms with Crippen molar-refractivity contribution in [3.8, 4) is 0 Å². The Bertz CT molecular complexity index is 588. The minimum atomic E-state index is 0. The summed E-state index contributed by atoms with van der Waals surface area (Å²) in [5.41, 5.74) is 2.39. The summed E-state index contributed by atoms with van der Waals surface area (Å²) in [6, 6.07) is 8.54. The normalized spacial score (nSPS) is 19.2. The number of aryl methyl sites for hydroxylation is 1. The first-order valence-electron chi connectivity index (χ1n) is 6.83. The standard InChI is InChI=1S/C15H18ClN3S.ClH/c1-11-10-20-15(18-11)9-19-6-5-17-8-14(19)12-3-2-4-13(16)7-12;/h2-4,7,10,14,17H,5-6,8-9H2,1H3;1H. The number of nitrogens with one attached hydrogen (secondary N) is 1. The van der Waals surface area contributed by atoms with Crippen LogP contribution >= 0.6 is 35.3 Å². The maximum Gasteiger partial charge on any atom is 0.107 e. The molecule has 0 spiro atoms. The molecule has 6 heteroatoms. The highest BCUT2D eigenvalue weighted by Crippen LogP contribution is 2.26. The van der Waals surface area contributed by atoms with E-state index in [0.717, 1.165) is 36.9 Å². The highest BCUT2D eigenvalue weighted by atomic mass is 35.5. The van der Waals surface area contributed by atoms with Crippen molar-refractivity contribution in [2.75, 3.05) is 19.6 Å². The number of nitrogens with zero attached hydrogens (tertiary/aromatic N) is 2. The third-order valence-electron chi connectivity index (χ3n) is 3.59. The predicted octanol–water partition coefficient (Wildman–Crippen LogP) is 3.67. The van der Waals surface area contributed by atoms with E-state index in [1.54, 1.807) is 11.3 Å². The lowest BCUT2D eigenvalue weighted by atomic mass is 10.0. The molecule has 1 unspecified atom stereocenters. The zero-order valence-corrected chi connectivity index (χ0v) is 14.3. The van der Waals surface area contributed by atoms with Crippen LogP contribution in [-0.2, 0) is 6.54 Å². The van der Waals surface area contributed by atoms with Crippen LogP contribution < -0.4 is 5.32 Å². The monoisotopic (exact) mass is 343 g/mol. The number of piperazine rings is 1. The van der Waals surface area contributed by atoms with E-state index < -0.39 is 0 Å². The number of benzene rings is 1. The molecule has 1 aliphatic rings. The van der Waals surface area contributed by atoms with Gasteiger partial charge < -0.3 is 5.32 Å². The minimum absolute atomic E-state index is 0. The molecule has 0 aliphatic carbocycles. The molecule has 1 aromatic carbocycles. The van der Waals surface area contributed by atoms with Crippen molar-refractivity contribution < 1.29 is 0 Å². The molecular formula is C15H19Cl2N3S. The smallest absolute Gasteiger partial charge is 0.107 e. The first kappa shape index (κ1) is 16.7. The van der Waals surface area contributed by atoms with Crippen molar-refractivity contribution in [2.24, 2.45) is 0 Å². The second-order valence-corrected chi connectivity index (χ2v) is 6.51. The van der Waals surface area contributed by atoms with Crippen LogP contribution in [-0.4, -0.2) is 29.5 Å². The minimum Gasteiger partial charge on any atom is -0.314 e. The van der Waals surface area contributed by atoms with Crippen LogP contribution in [0.3, 0.4) is 0 Å². The molecule has 3 rings (SSSR count). The Morgan fingerprint density at radius 3 is 3.05 bits per heavy atom. The van der Waals surface area contributed by atoms with Crippen molar-refractivity contribution in [1.82, 2.24) is 15.2 Å². The Morgan fingerprint density at radius 2 is 2.33 bits per heavy atom. The van der Waals surface area contributed by atoms with Gasteiger partial charge in [0.15, 0.2) is 0 Å². The topological polar surface area (TPSA) is 28.2 Å². The van der Waals surface area contributed by atoms with Crippen molar-refractivity contribution in [2.45, 2.75) is 19.5 Å². The van der Waals surface area contributed by atoms with E-state index in [-0.39, 0.29) is 12.4 Å². The van der Waals surface area contributed by atoms with Crippen molar-refractivity contribution in [1.29, 1.82) is 0 Å². The van der Waals surface area contributed by atoms with Gasteiger partial charge in [-0.3, -0.25) is 4.90 Å². The van der Waals surface area contributed by atoms with Crippen LogP contribution in [0.1, 0.15) is 22.3 Å². The van der Waals surface area contributed by atoms with Crippen LogP contribution in [0.2, 0.25) is 5.02 Å². The average Bonchev–Trinajstić information content (AvgIpc) is 2.85. The fourth-order valence-corrected chi connectivity index (χ4v) is 3.62. The first-order valence-corrected chi connectivity index (χ1v) is 8.09. The SMILES string of the molecule is Cc1csc(CN2CCNCC2c2cccc(Cl)c2)n1.Cl. The number of aromatic nitrogens is 1. The van der Waals surface area contributed by atoms with E-state index in [9.17, 15) is 0 Å². The van der Waals surface area contributed by atoms with Crippen LogP contribution in [0.4, 0.5) is 0 Å². The molecule has 21 heavy (non-hydrogen) atoms. The molecule has 1 atom stereocenters. The van der Waals surface area contributed by atoms with Gasteiger partial charge in [0.25, 0.3) is 0 Å². The van der Waals surface area contributed by atoms with E-state index in [1.165, 1.54) is 10.6 Å². The lowest BCUT2D eigenvalue weighted by Gasteiger charge is -2.36. The van der Waals surface area contributed by atoms with Gasteiger partial charge in [-0.2, -0.15) is 0 Å². The van der Waals surface area contributed by atoms with Gasteiger partial charge in [0.05, 0.1) is 6.54 Å². The Kier molecular flexibility index (Phi) is 6.02. The predicted molar refractivity (Wildman–Crippen MR) is 91.6 cm³/mol. The van der Waals surface area contributed by atoms with Gasteiger partial charge in [-0.1, -0.05) is 23.7 Å². The zero-order valence-electron chi connectivity index (χ0n) is 11.9. The summed E-state index contributed by atoms with van der Waals surface area (Å²) in [5, 5.41) is 7.58. The number of thiazole rings is 1. The third-order valence-corrected chi connectivity index (χ3v) is 4.78. The van der Waals surface area contributed by atoms with E-state index in [1.807, 2.05) is 19.1 Å². The van der Waals surface area contributed by atoms with E-state index >= 15 is 0 Å². The van der Waals surface area contributed by atoms with Gasteiger partial charge in [0, 0.05) is 41.8 Å². The Labute approximate surface area is 140 Å². The molecule has 2 heterocycles. The van der Waals surface area contributed by atoms with Crippen LogP contribution in [0, 0.1) is 6.92 Å². The molecule has 3 nitrogen and oxygen atoms in total. The summed E-state index contributed by atoms with van der Waals surface area (Å²) >= 11 is 7.87. The molecule has 0 radical (unpaired) electrons. The molecule has 1 fully saturated rings. The van der Waals surface area contributed by atoms with Crippen LogP contribution in [0.5, 0.6) is 0 Å². The zero-order chi connectivity index (χ0) is 13.9. The Hall–Kier alpha value is -0.650. The fourth-order valence-electron chi connectivity index (χ4n) is 2.63. The molecule has 2 aromatic rings. The summed E-state index contributed by atoms with van der Waals surface area (Å²) in [6.45, 7) is 5.99. The Balaban J connectivity index is 0.00000161. The number of halogens is 2. The summed E-state index contributed by atoms with van der Waals surface area (Å²) in [7, 11) is 0. The first-order chi connectivity index (χ1) is 9.72. The molecule has 0 bridgehead atoms.